The normalized spacial score (nSPS) is 17.2. The van der Waals surface area contributed by atoms with Gasteiger partial charge in [-0.3, -0.25) is 14.6 Å². The minimum atomic E-state index is -4.81. The summed E-state index contributed by atoms with van der Waals surface area (Å²) in [6.45, 7) is 2.98. The second-order valence-corrected chi connectivity index (χ2v) is 7.37. The fourth-order valence-corrected chi connectivity index (χ4v) is 3.90. The van der Waals surface area contributed by atoms with Crippen LogP contribution in [0.25, 0.3) is 0 Å². The summed E-state index contributed by atoms with van der Waals surface area (Å²) >= 11 is 0. The van der Waals surface area contributed by atoms with E-state index >= 15 is 0 Å². The minimum absolute atomic E-state index is 0.0285. The Kier molecular flexibility index (Phi) is 5.12. The number of anilines is 1. The van der Waals surface area contributed by atoms with Crippen molar-refractivity contribution >= 4 is 11.6 Å². The fraction of sp³-hybridized carbons (Fsp3) is 0.474. The van der Waals surface area contributed by atoms with Gasteiger partial charge >= 0.3 is 6.18 Å². The van der Waals surface area contributed by atoms with Crippen LogP contribution in [0.2, 0.25) is 0 Å². The molecular weight excluding hydrogens is 403 g/mol. The number of carbonyl (C=O) groups is 1. The lowest BCUT2D eigenvalue weighted by Gasteiger charge is -2.31. The predicted octanol–water partition coefficient (Wildman–Crippen LogP) is 2.09. The van der Waals surface area contributed by atoms with Crippen LogP contribution in [0.5, 0.6) is 5.75 Å². The molecule has 1 N–H and O–H groups in total. The largest absolute Gasteiger partial charge is 0.490 e. The Morgan fingerprint density at radius 2 is 2.00 bits per heavy atom. The molecule has 30 heavy (non-hydrogen) atoms. The molecule has 0 saturated carbocycles. The number of piperidine rings is 1. The summed E-state index contributed by atoms with van der Waals surface area (Å²) in [7, 11) is 0. The molecule has 0 atom stereocenters. The zero-order valence-electron chi connectivity index (χ0n) is 16.2. The monoisotopic (exact) mass is 423 g/mol. The van der Waals surface area contributed by atoms with Crippen LogP contribution in [0, 0.1) is 0 Å². The van der Waals surface area contributed by atoms with Gasteiger partial charge in [-0.1, -0.05) is 0 Å². The molecule has 1 amide bonds. The summed E-state index contributed by atoms with van der Waals surface area (Å²) in [6, 6.07) is 1.69. The Morgan fingerprint density at radius 3 is 2.67 bits per heavy atom. The number of hydrogen-bond acceptors (Lipinski definition) is 6. The Bertz CT molecular complexity index is 1020. The highest BCUT2D eigenvalue weighted by Gasteiger charge is 2.40. The molecule has 0 unspecified atom stereocenters. The van der Waals surface area contributed by atoms with E-state index in [1.807, 2.05) is 5.10 Å². The molecule has 11 heteroatoms. The third-order valence-electron chi connectivity index (χ3n) is 5.43. The zero-order chi connectivity index (χ0) is 21.5. The summed E-state index contributed by atoms with van der Waals surface area (Å²) in [5.41, 5.74) is -1.55. The maximum Gasteiger partial charge on any atom is 0.423 e. The SMILES string of the molecule is CC(=O)N1CCC(Oc2ccnc3c2CN(c2cn[nH]c(=O)c2C(F)(F)F)C3)CC1. The molecule has 8 nitrogen and oxygen atoms in total. The number of nitrogens with zero attached hydrogens (tertiary/aromatic N) is 4. The average molecular weight is 423 g/mol. The number of carbonyl (C=O) groups excluding carboxylic acids is 1. The van der Waals surface area contributed by atoms with Gasteiger partial charge < -0.3 is 14.5 Å². The van der Waals surface area contributed by atoms with Crippen LogP contribution < -0.4 is 15.2 Å². The highest BCUT2D eigenvalue weighted by Crippen LogP contribution is 2.38. The van der Waals surface area contributed by atoms with Gasteiger partial charge in [-0.25, -0.2) is 5.10 Å². The molecule has 4 rings (SSSR count). The van der Waals surface area contributed by atoms with E-state index in [4.69, 9.17) is 4.74 Å². The molecule has 0 aromatic carbocycles. The molecule has 160 valence electrons. The molecule has 1 fully saturated rings. The molecule has 2 aliphatic rings. The van der Waals surface area contributed by atoms with Crippen LogP contribution in [0.15, 0.2) is 23.3 Å². The molecule has 0 aliphatic carbocycles. The van der Waals surface area contributed by atoms with Crippen molar-refractivity contribution in [1.82, 2.24) is 20.1 Å². The fourth-order valence-electron chi connectivity index (χ4n) is 3.90. The summed E-state index contributed by atoms with van der Waals surface area (Å²) in [5.74, 6) is 0.593. The molecule has 2 aromatic heterocycles. The lowest BCUT2D eigenvalue weighted by molar-refractivity contribution is -0.138. The van der Waals surface area contributed by atoms with Crippen molar-refractivity contribution in [2.75, 3.05) is 18.0 Å². The van der Waals surface area contributed by atoms with Gasteiger partial charge in [0, 0.05) is 51.2 Å². The van der Waals surface area contributed by atoms with Crippen molar-refractivity contribution in [3.63, 3.8) is 0 Å². The quantitative estimate of drug-likeness (QED) is 0.813. The van der Waals surface area contributed by atoms with Gasteiger partial charge in [0.1, 0.15) is 17.4 Å². The van der Waals surface area contributed by atoms with Gasteiger partial charge in [0.2, 0.25) is 5.91 Å². The van der Waals surface area contributed by atoms with Gasteiger partial charge in [0.15, 0.2) is 0 Å². The van der Waals surface area contributed by atoms with Crippen molar-refractivity contribution in [1.29, 1.82) is 0 Å². The first kappa shape index (κ1) is 20.2. The van der Waals surface area contributed by atoms with Gasteiger partial charge in [0.05, 0.1) is 24.1 Å². The molecule has 0 radical (unpaired) electrons. The molecule has 0 spiro atoms. The number of rotatable bonds is 3. The maximum absolute atomic E-state index is 13.4. The Labute approximate surface area is 169 Å². The van der Waals surface area contributed by atoms with E-state index < -0.39 is 17.3 Å². The predicted molar refractivity (Wildman–Crippen MR) is 99.9 cm³/mol. The average Bonchev–Trinajstić information content (AvgIpc) is 3.12. The van der Waals surface area contributed by atoms with E-state index in [0.717, 1.165) is 6.20 Å². The summed E-state index contributed by atoms with van der Waals surface area (Å²) in [6.07, 6.45) is -0.976. The number of alkyl halides is 3. The first-order valence-electron chi connectivity index (χ1n) is 9.53. The van der Waals surface area contributed by atoms with Gasteiger partial charge in [-0.05, 0) is 6.07 Å². The van der Waals surface area contributed by atoms with E-state index in [1.165, 1.54) is 11.8 Å². The number of aromatic amines is 1. The standard InChI is InChI=1S/C19H20F3N5O3/c1-11(28)26-6-3-12(4-7-26)30-16-2-5-23-14-10-27(9-13(14)16)15-8-24-25-18(29)17(15)19(20,21)22/h2,5,8,12H,3-4,6-7,9-10H2,1H3,(H,25,29). The van der Waals surface area contributed by atoms with Gasteiger partial charge in [0.25, 0.3) is 5.56 Å². The number of likely N-dealkylation sites (tertiary alicyclic amines) is 1. The lowest BCUT2D eigenvalue weighted by atomic mass is 10.1. The molecule has 1 saturated heterocycles. The molecule has 0 bridgehead atoms. The Hall–Kier alpha value is -3.11. The zero-order valence-corrected chi connectivity index (χ0v) is 16.2. The second-order valence-electron chi connectivity index (χ2n) is 7.37. The molecule has 4 heterocycles. The van der Waals surface area contributed by atoms with E-state index in [0.29, 0.717) is 42.9 Å². The minimum Gasteiger partial charge on any atom is -0.490 e. The number of fused-ring (bicyclic) bond motifs is 1. The van der Waals surface area contributed by atoms with Crippen LogP contribution in [0.1, 0.15) is 36.6 Å². The highest BCUT2D eigenvalue weighted by molar-refractivity contribution is 5.73. The van der Waals surface area contributed by atoms with Crippen molar-refractivity contribution in [2.24, 2.45) is 0 Å². The number of amides is 1. The highest BCUT2D eigenvalue weighted by atomic mass is 19.4. The third kappa shape index (κ3) is 3.83. The number of hydrogen-bond donors (Lipinski definition) is 1. The lowest BCUT2D eigenvalue weighted by Crippen LogP contribution is -2.40. The van der Waals surface area contributed by atoms with E-state index in [-0.39, 0.29) is 30.8 Å². The Morgan fingerprint density at radius 1 is 1.27 bits per heavy atom. The summed E-state index contributed by atoms with van der Waals surface area (Å²) in [4.78, 5) is 30.7. The Balaban J connectivity index is 1.55. The first-order valence-corrected chi connectivity index (χ1v) is 9.53. The summed E-state index contributed by atoms with van der Waals surface area (Å²) < 4.78 is 46.4. The maximum atomic E-state index is 13.4. The smallest absolute Gasteiger partial charge is 0.423 e. The number of nitrogens with one attached hydrogen (secondary N) is 1. The number of aromatic nitrogens is 3. The van der Waals surface area contributed by atoms with Crippen molar-refractivity contribution in [3.05, 3.63) is 45.6 Å². The number of ether oxygens (including phenoxy) is 1. The van der Waals surface area contributed by atoms with Gasteiger partial charge in [-0.2, -0.15) is 18.3 Å². The van der Waals surface area contributed by atoms with Crippen LogP contribution in [0.4, 0.5) is 18.9 Å². The second kappa shape index (κ2) is 7.62. The van der Waals surface area contributed by atoms with Crippen molar-refractivity contribution in [2.45, 2.75) is 45.1 Å². The molecule has 2 aromatic rings. The van der Waals surface area contributed by atoms with E-state index in [1.54, 1.807) is 17.2 Å². The third-order valence-corrected chi connectivity index (χ3v) is 5.43. The topological polar surface area (TPSA) is 91.4 Å². The first-order chi connectivity index (χ1) is 14.2. The van der Waals surface area contributed by atoms with Crippen LogP contribution >= 0.6 is 0 Å². The number of pyridine rings is 1. The molecular formula is C19H20F3N5O3. The van der Waals surface area contributed by atoms with Crippen molar-refractivity contribution in [3.8, 4) is 5.75 Å². The number of H-pyrrole nitrogens is 1. The van der Waals surface area contributed by atoms with Crippen LogP contribution in [-0.4, -0.2) is 45.2 Å². The van der Waals surface area contributed by atoms with Crippen LogP contribution in [-0.2, 0) is 24.1 Å². The summed E-state index contributed by atoms with van der Waals surface area (Å²) in [5, 5.41) is 5.39. The molecule has 2 aliphatic heterocycles. The van der Waals surface area contributed by atoms with E-state index in [2.05, 4.69) is 10.1 Å². The number of halogens is 3. The van der Waals surface area contributed by atoms with Gasteiger partial charge in [-0.15, -0.1) is 0 Å². The van der Waals surface area contributed by atoms with Crippen LogP contribution in [0.3, 0.4) is 0 Å². The van der Waals surface area contributed by atoms with Crippen molar-refractivity contribution < 1.29 is 22.7 Å². The van der Waals surface area contributed by atoms with E-state index in [9.17, 15) is 22.8 Å².